The minimum absolute atomic E-state index is 0.412. The molecule has 0 saturated heterocycles. The Labute approximate surface area is 148 Å². The summed E-state index contributed by atoms with van der Waals surface area (Å²) in [6, 6.07) is 14.2. The summed E-state index contributed by atoms with van der Waals surface area (Å²) in [4.78, 5) is 28.0. The third-order valence-electron chi connectivity index (χ3n) is 3.47. The number of hydrogen-bond acceptors (Lipinski definition) is 6. The first-order valence-electron chi connectivity index (χ1n) is 7.59. The van der Waals surface area contributed by atoms with Gasteiger partial charge in [-0.2, -0.15) is 0 Å². The number of aryl methyl sites for hydroxylation is 1. The number of benzene rings is 2. The van der Waals surface area contributed by atoms with E-state index < -0.39 is 24.6 Å². The molecule has 1 heterocycles. The Kier molecular flexibility index (Phi) is 5.06. The number of carbonyl (C=O) groups excluding carboxylic acids is 2. The van der Waals surface area contributed by atoms with E-state index in [9.17, 15) is 14.7 Å². The lowest BCUT2D eigenvalue weighted by atomic mass is 10.1. The number of aliphatic hydroxyl groups is 1. The molecule has 1 unspecified atom stereocenters. The van der Waals surface area contributed by atoms with Crippen molar-refractivity contribution in [1.29, 1.82) is 0 Å². The topological polar surface area (TPSA) is 88.5 Å². The molecule has 0 aliphatic rings. The summed E-state index contributed by atoms with van der Waals surface area (Å²) in [5.41, 5.74) is 2.31. The average molecular weight is 356 g/mol. The molecule has 3 aromatic rings. The zero-order valence-corrected chi connectivity index (χ0v) is 14.2. The van der Waals surface area contributed by atoms with Crippen LogP contribution in [0.15, 0.2) is 48.5 Å². The Bertz CT molecular complexity index is 908. The maximum absolute atomic E-state index is 11.9. The highest BCUT2D eigenvalue weighted by molar-refractivity contribution is 7.22. The number of ether oxygens (including phenoxy) is 1. The van der Waals surface area contributed by atoms with Gasteiger partial charge in [0.2, 0.25) is 0 Å². The number of thiazole rings is 1. The molecule has 6 nitrogen and oxygen atoms in total. The fourth-order valence-corrected chi connectivity index (χ4v) is 3.21. The fraction of sp³-hybridized carbons (Fsp3) is 0.167. The Balaban J connectivity index is 1.56. The van der Waals surface area contributed by atoms with Crippen LogP contribution in [0.2, 0.25) is 0 Å². The summed E-state index contributed by atoms with van der Waals surface area (Å²) in [5, 5.41) is 12.9. The van der Waals surface area contributed by atoms with Crippen LogP contribution in [0.1, 0.15) is 17.2 Å². The molecule has 0 aliphatic heterocycles. The Morgan fingerprint density at radius 3 is 2.76 bits per heavy atom. The summed E-state index contributed by atoms with van der Waals surface area (Å²) in [7, 11) is 0. The van der Waals surface area contributed by atoms with E-state index in [4.69, 9.17) is 4.74 Å². The number of aliphatic hydroxyl groups excluding tert-OH is 1. The molecule has 0 fully saturated rings. The molecule has 0 saturated carbocycles. The first-order chi connectivity index (χ1) is 12.0. The van der Waals surface area contributed by atoms with E-state index in [-0.39, 0.29) is 0 Å². The van der Waals surface area contributed by atoms with Crippen molar-refractivity contribution >= 4 is 38.6 Å². The van der Waals surface area contributed by atoms with Crippen molar-refractivity contribution in [2.45, 2.75) is 13.0 Å². The molecule has 7 heteroatoms. The lowest BCUT2D eigenvalue weighted by Gasteiger charge is -2.10. The van der Waals surface area contributed by atoms with Gasteiger partial charge in [0, 0.05) is 0 Å². The van der Waals surface area contributed by atoms with Gasteiger partial charge in [-0.05, 0) is 30.2 Å². The fourth-order valence-electron chi connectivity index (χ4n) is 2.23. The molecule has 1 aromatic heterocycles. The Morgan fingerprint density at radius 1 is 1.24 bits per heavy atom. The standard InChI is InChI=1S/C18H16N2O4S/c1-11-7-8-13-14(9-11)25-18(19-13)20-15(21)10-24-17(23)16(22)12-5-3-2-4-6-12/h2-9,16,22H,10H2,1H3,(H,19,20,21). The van der Waals surface area contributed by atoms with Gasteiger partial charge in [-0.1, -0.05) is 47.7 Å². The summed E-state index contributed by atoms with van der Waals surface area (Å²) in [6.07, 6.45) is -1.42. The second-order valence-electron chi connectivity index (χ2n) is 5.46. The number of aromatic nitrogens is 1. The van der Waals surface area contributed by atoms with Gasteiger partial charge in [0.25, 0.3) is 5.91 Å². The third-order valence-corrected chi connectivity index (χ3v) is 4.41. The molecule has 0 aliphatic carbocycles. The van der Waals surface area contributed by atoms with E-state index in [1.807, 2.05) is 25.1 Å². The number of carbonyl (C=O) groups is 2. The van der Waals surface area contributed by atoms with Crippen LogP contribution in [0, 0.1) is 6.92 Å². The second kappa shape index (κ2) is 7.42. The van der Waals surface area contributed by atoms with Gasteiger partial charge in [0.15, 0.2) is 17.8 Å². The van der Waals surface area contributed by atoms with Crippen LogP contribution in [-0.4, -0.2) is 28.6 Å². The Morgan fingerprint density at radius 2 is 2.00 bits per heavy atom. The molecule has 2 N–H and O–H groups in total. The number of nitrogens with zero attached hydrogens (tertiary/aromatic N) is 1. The van der Waals surface area contributed by atoms with Crippen LogP contribution < -0.4 is 5.32 Å². The van der Waals surface area contributed by atoms with Crippen LogP contribution in [0.25, 0.3) is 10.2 Å². The molecular weight excluding hydrogens is 340 g/mol. The summed E-state index contributed by atoms with van der Waals surface area (Å²) in [5.74, 6) is -1.38. The largest absolute Gasteiger partial charge is 0.453 e. The quantitative estimate of drug-likeness (QED) is 0.686. The van der Waals surface area contributed by atoms with Crippen molar-refractivity contribution in [3.63, 3.8) is 0 Å². The summed E-state index contributed by atoms with van der Waals surface area (Å²) >= 11 is 1.34. The van der Waals surface area contributed by atoms with Crippen LogP contribution >= 0.6 is 11.3 Å². The summed E-state index contributed by atoms with van der Waals surface area (Å²) in [6.45, 7) is 1.49. The number of rotatable bonds is 5. The number of hydrogen-bond donors (Lipinski definition) is 2. The molecule has 1 amide bonds. The van der Waals surface area contributed by atoms with E-state index in [0.717, 1.165) is 15.8 Å². The van der Waals surface area contributed by atoms with E-state index in [1.165, 1.54) is 11.3 Å². The number of esters is 1. The smallest absolute Gasteiger partial charge is 0.340 e. The van der Waals surface area contributed by atoms with Crippen molar-refractivity contribution in [2.24, 2.45) is 0 Å². The van der Waals surface area contributed by atoms with Crippen LogP contribution in [0.4, 0.5) is 5.13 Å². The van der Waals surface area contributed by atoms with Gasteiger partial charge < -0.3 is 9.84 Å². The van der Waals surface area contributed by atoms with Gasteiger partial charge >= 0.3 is 5.97 Å². The van der Waals surface area contributed by atoms with Crippen molar-refractivity contribution in [1.82, 2.24) is 4.98 Å². The van der Waals surface area contributed by atoms with Crippen molar-refractivity contribution in [3.8, 4) is 0 Å². The molecule has 3 rings (SSSR count). The molecule has 2 aromatic carbocycles. The van der Waals surface area contributed by atoms with Crippen molar-refractivity contribution in [2.75, 3.05) is 11.9 Å². The van der Waals surface area contributed by atoms with E-state index in [0.29, 0.717) is 10.7 Å². The maximum Gasteiger partial charge on any atom is 0.340 e. The van der Waals surface area contributed by atoms with Crippen LogP contribution in [-0.2, 0) is 14.3 Å². The first kappa shape index (κ1) is 17.1. The highest BCUT2D eigenvalue weighted by Crippen LogP contribution is 2.26. The van der Waals surface area contributed by atoms with Gasteiger partial charge in [0.1, 0.15) is 0 Å². The van der Waals surface area contributed by atoms with Gasteiger partial charge in [-0.3, -0.25) is 10.1 Å². The number of amides is 1. The zero-order chi connectivity index (χ0) is 17.8. The highest BCUT2D eigenvalue weighted by atomic mass is 32.1. The zero-order valence-electron chi connectivity index (χ0n) is 13.4. The Hall–Kier alpha value is -2.77. The molecule has 0 radical (unpaired) electrons. The normalized spacial score (nSPS) is 11.9. The van der Waals surface area contributed by atoms with Gasteiger partial charge in [-0.25, -0.2) is 9.78 Å². The van der Waals surface area contributed by atoms with E-state index >= 15 is 0 Å². The molecule has 1 atom stereocenters. The molecular formula is C18H16N2O4S. The second-order valence-corrected chi connectivity index (χ2v) is 6.49. The van der Waals surface area contributed by atoms with Crippen LogP contribution in [0.3, 0.4) is 0 Å². The lowest BCUT2D eigenvalue weighted by Crippen LogP contribution is -2.23. The third kappa shape index (κ3) is 4.20. The first-order valence-corrected chi connectivity index (χ1v) is 8.41. The SMILES string of the molecule is Cc1ccc2nc(NC(=O)COC(=O)C(O)c3ccccc3)sc2c1. The molecule has 0 bridgehead atoms. The predicted octanol–water partition coefficient (Wildman–Crippen LogP) is 2.82. The number of anilines is 1. The van der Waals surface area contributed by atoms with Gasteiger partial charge in [0.05, 0.1) is 10.2 Å². The van der Waals surface area contributed by atoms with E-state index in [1.54, 1.807) is 30.3 Å². The molecule has 25 heavy (non-hydrogen) atoms. The highest BCUT2D eigenvalue weighted by Gasteiger charge is 2.20. The monoisotopic (exact) mass is 356 g/mol. The van der Waals surface area contributed by atoms with Crippen molar-refractivity contribution in [3.05, 3.63) is 59.7 Å². The number of nitrogens with one attached hydrogen (secondary N) is 1. The minimum atomic E-state index is -1.42. The maximum atomic E-state index is 11.9. The van der Waals surface area contributed by atoms with Crippen molar-refractivity contribution < 1.29 is 19.4 Å². The predicted molar refractivity (Wildman–Crippen MR) is 95.3 cm³/mol. The molecule has 0 spiro atoms. The lowest BCUT2D eigenvalue weighted by molar-refractivity contribution is -0.156. The van der Waals surface area contributed by atoms with E-state index in [2.05, 4.69) is 10.3 Å². The van der Waals surface area contributed by atoms with Crippen LogP contribution in [0.5, 0.6) is 0 Å². The molecule has 128 valence electrons. The van der Waals surface area contributed by atoms with Gasteiger partial charge in [-0.15, -0.1) is 0 Å². The average Bonchev–Trinajstić information content (AvgIpc) is 3.01. The summed E-state index contributed by atoms with van der Waals surface area (Å²) < 4.78 is 5.83. The minimum Gasteiger partial charge on any atom is -0.453 e. The number of fused-ring (bicyclic) bond motifs is 1.